The minimum atomic E-state index is 0.259. The maximum Gasteiger partial charge on any atom is 0.0794 e. The second-order valence-corrected chi connectivity index (χ2v) is 5.58. The lowest BCUT2D eigenvalue weighted by Crippen LogP contribution is -2.18. The first-order valence-corrected chi connectivity index (χ1v) is 7.42. The number of nitrogens with zero attached hydrogens (tertiary/aromatic N) is 2. The van der Waals surface area contributed by atoms with E-state index in [2.05, 4.69) is 51.0 Å². The van der Waals surface area contributed by atoms with Gasteiger partial charge in [0.2, 0.25) is 0 Å². The number of aromatic nitrogens is 3. The van der Waals surface area contributed by atoms with Crippen molar-refractivity contribution in [1.29, 1.82) is 0 Å². The molecule has 20 heavy (non-hydrogen) atoms. The van der Waals surface area contributed by atoms with Crippen LogP contribution in [0.5, 0.6) is 0 Å². The van der Waals surface area contributed by atoms with E-state index in [1.807, 2.05) is 18.5 Å². The quantitative estimate of drug-likeness (QED) is 0.755. The van der Waals surface area contributed by atoms with Crippen LogP contribution in [-0.2, 0) is 6.54 Å². The summed E-state index contributed by atoms with van der Waals surface area (Å²) in [5, 5.41) is 12.8. The van der Waals surface area contributed by atoms with E-state index >= 15 is 0 Å². The Hall–Kier alpha value is -1.98. The molecule has 0 bridgehead atoms. The first kappa shape index (κ1) is 13.0. The Balaban J connectivity index is 1.69. The van der Waals surface area contributed by atoms with Crippen molar-refractivity contribution < 1.29 is 0 Å². The molecule has 3 rings (SSSR count). The molecule has 5 heteroatoms. The summed E-state index contributed by atoms with van der Waals surface area (Å²) in [5.74, 6) is 0. The SMILES string of the molecule is CC(NCc1cn[nH]c1-c1cccs1)c1cccnc1. The topological polar surface area (TPSA) is 53.6 Å². The second-order valence-electron chi connectivity index (χ2n) is 4.64. The molecule has 2 N–H and O–H groups in total. The minimum Gasteiger partial charge on any atom is -0.306 e. The van der Waals surface area contributed by atoms with Crippen LogP contribution in [0, 0.1) is 0 Å². The lowest BCUT2D eigenvalue weighted by Gasteiger charge is -2.13. The van der Waals surface area contributed by atoms with Crippen molar-refractivity contribution in [2.24, 2.45) is 0 Å². The standard InChI is InChI=1S/C15H16N4S/c1-11(12-4-2-6-16-8-12)17-9-13-10-18-19-15(13)14-5-3-7-20-14/h2-8,10-11,17H,9H2,1H3,(H,18,19). The molecule has 102 valence electrons. The molecule has 0 radical (unpaired) electrons. The maximum absolute atomic E-state index is 4.16. The van der Waals surface area contributed by atoms with Gasteiger partial charge in [-0.1, -0.05) is 12.1 Å². The number of nitrogens with one attached hydrogen (secondary N) is 2. The Morgan fingerprint density at radius 2 is 2.25 bits per heavy atom. The van der Waals surface area contributed by atoms with Gasteiger partial charge >= 0.3 is 0 Å². The summed E-state index contributed by atoms with van der Waals surface area (Å²) in [6, 6.07) is 8.46. The van der Waals surface area contributed by atoms with Crippen LogP contribution in [0.1, 0.15) is 24.1 Å². The van der Waals surface area contributed by atoms with Gasteiger partial charge in [0.05, 0.1) is 16.8 Å². The molecule has 0 spiro atoms. The fourth-order valence-electron chi connectivity index (χ4n) is 2.09. The molecule has 0 amide bonds. The summed E-state index contributed by atoms with van der Waals surface area (Å²) in [7, 11) is 0. The molecule has 0 saturated carbocycles. The summed E-state index contributed by atoms with van der Waals surface area (Å²) < 4.78 is 0. The second kappa shape index (κ2) is 5.98. The Morgan fingerprint density at radius 1 is 1.30 bits per heavy atom. The third-order valence-corrected chi connectivity index (χ3v) is 4.16. The summed E-state index contributed by atoms with van der Waals surface area (Å²) in [6.45, 7) is 2.92. The summed E-state index contributed by atoms with van der Waals surface area (Å²) in [6.07, 6.45) is 5.58. The Kier molecular flexibility index (Phi) is 3.90. The van der Waals surface area contributed by atoms with Gasteiger partial charge in [-0.2, -0.15) is 5.10 Å². The fourth-order valence-corrected chi connectivity index (χ4v) is 2.85. The number of thiophene rings is 1. The molecule has 1 unspecified atom stereocenters. The van der Waals surface area contributed by atoms with Crippen LogP contribution in [0.4, 0.5) is 0 Å². The molecular weight excluding hydrogens is 268 g/mol. The number of rotatable bonds is 5. The van der Waals surface area contributed by atoms with E-state index in [1.165, 1.54) is 16.0 Å². The van der Waals surface area contributed by atoms with Crippen LogP contribution in [-0.4, -0.2) is 15.2 Å². The maximum atomic E-state index is 4.16. The lowest BCUT2D eigenvalue weighted by molar-refractivity contribution is 0.574. The van der Waals surface area contributed by atoms with E-state index < -0.39 is 0 Å². The van der Waals surface area contributed by atoms with Gasteiger partial charge in [-0.3, -0.25) is 10.1 Å². The fraction of sp³-hybridized carbons (Fsp3) is 0.200. The van der Waals surface area contributed by atoms with Gasteiger partial charge in [-0.15, -0.1) is 11.3 Å². The summed E-state index contributed by atoms with van der Waals surface area (Å²) in [5.41, 5.74) is 3.47. The highest BCUT2D eigenvalue weighted by molar-refractivity contribution is 7.13. The molecule has 3 heterocycles. The van der Waals surface area contributed by atoms with Crippen molar-refractivity contribution in [3.63, 3.8) is 0 Å². The summed E-state index contributed by atoms with van der Waals surface area (Å²) >= 11 is 1.72. The monoisotopic (exact) mass is 284 g/mol. The smallest absolute Gasteiger partial charge is 0.0794 e. The molecule has 0 fully saturated rings. The predicted molar refractivity (Wildman–Crippen MR) is 81.4 cm³/mol. The van der Waals surface area contributed by atoms with E-state index in [1.54, 1.807) is 17.5 Å². The molecule has 3 aromatic rings. The molecular formula is C15H16N4S. The van der Waals surface area contributed by atoms with Gasteiger partial charge in [0.25, 0.3) is 0 Å². The minimum absolute atomic E-state index is 0.259. The summed E-state index contributed by atoms with van der Waals surface area (Å²) in [4.78, 5) is 5.37. The highest BCUT2D eigenvalue weighted by atomic mass is 32.1. The third kappa shape index (κ3) is 2.79. The van der Waals surface area contributed by atoms with Crippen LogP contribution in [0.2, 0.25) is 0 Å². The predicted octanol–water partition coefficient (Wildman–Crippen LogP) is 3.38. The van der Waals surface area contributed by atoms with E-state index in [0.29, 0.717) is 0 Å². The molecule has 0 aliphatic carbocycles. The number of H-pyrrole nitrogens is 1. The molecule has 1 atom stereocenters. The highest BCUT2D eigenvalue weighted by Gasteiger charge is 2.10. The van der Waals surface area contributed by atoms with Crippen LogP contribution in [0.15, 0.2) is 48.2 Å². The molecule has 0 aromatic carbocycles. The van der Waals surface area contributed by atoms with Crippen molar-refractivity contribution in [3.05, 3.63) is 59.4 Å². The van der Waals surface area contributed by atoms with Crippen molar-refractivity contribution >= 4 is 11.3 Å². The van der Waals surface area contributed by atoms with E-state index in [4.69, 9.17) is 0 Å². The van der Waals surface area contributed by atoms with Crippen molar-refractivity contribution in [2.75, 3.05) is 0 Å². The zero-order chi connectivity index (χ0) is 13.8. The van der Waals surface area contributed by atoms with Crippen molar-refractivity contribution in [2.45, 2.75) is 19.5 Å². The Bertz CT molecular complexity index is 646. The zero-order valence-electron chi connectivity index (χ0n) is 11.2. The molecule has 0 aliphatic rings. The number of hydrogen-bond donors (Lipinski definition) is 2. The van der Waals surface area contributed by atoms with Gasteiger partial charge < -0.3 is 5.32 Å². The third-order valence-electron chi connectivity index (χ3n) is 3.27. The number of hydrogen-bond acceptors (Lipinski definition) is 4. The van der Waals surface area contributed by atoms with Crippen LogP contribution in [0.25, 0.3) is 10.6 Å². The largest absolute Gasteiger partial charge is 0.306 e. The van der Waals surface area contributed by atoms with Crippen LogP contribution >= 0.6 is 11.3 Å². The first-order chi connectivity index (χ1) is 9.84. The molecule has 4 nitrogen and oxygen atoms in total. The van der Waals surface area contributed by atoms with E-state index in [0.717, 1.165) is 12.2 Å². The van der Waals surface area contributed by atoms with Crippen molar-refractivity contribution in [1.82, 2.24) is 20.5 Å². The van der Waals surface area contributed by atoms with E-state index in [9.17, 15) is 0 Å². The molecule has 3 aromatic heterocycles. The van der Waals surface area contributed by atoms with Crippen LogP contribution in [0.3, 0.4) is 0 Å². The average molecular weight is 284 g/mol. The number of aromatic amines is 1. The van der Waals surface area contributed by atoms with Gasteiger partial charge in [0, 0.05) is 30.5 Å². The molecule has 0 saturated heterocycles. The van der Waals surface area contributed by atoms with Gasteiger partial charge in [0.1, 0.15) is 0 Å². The number of pyridine rings is 1. The van der Waals surface area contributed by atoms with E-state index in [-0.39, 0.29) is 6.04 Å². The Labute approximate surface area is 121 Å². The Morgan fingerprint density at radius 3 is 3.00 bits per heavy atom. The highest BCUT2D eigenvalue weighted by Crippen LogP contribution is 2.26. The lowest BCUT2D eigenvalue weighted by atomic mass is 10.1. The molecule has 0 aliphatic heterocycles. The van der Waals surface area contributed by atoms with Gasteiger partial charge in [0.15, 0.2) is 0 Å². The first-order valence-electron chi connectivity index (χ1n) is 6.54. The average Bonchev–Trinajstić information content (AvgIpc) is 3.16. The normalized spacial score (nSPS) is 12.4. The van der Waals surface area contributed by atoms with Crippen LogP contribution < -0.4 is 5.32 Å². The van der Waals surface area contributed by atoms with Gasteiger partial charge in [-0.05, 0) is 30.0 Å². The zero-order valence-corrected chi connectivity index (χ0v) is 12.0. The van der Waals surface area contributed by atoms with Crippen molar-refractivity contribution in [3.8, 4) is 10.6 Å². The van der Waals surface area contributed by atoms with Gasteiger partial charge in [-0.25, -0.2) is 0 Å².